The number of nitrogens with one attached hydrogen (secondary N) is 3. The lowest BCUT2D eigenvalue weighted by Crippen LogP contribution is -2.62. The van der Waals surface area contributed by atoms with Crippen LogP contribution in [0, 0.1) is 29.1 Å². The first-order chi connectivity index (χ1) is 25.4. The number of rotatable bonds is 14. The third-order valence-electron chi connectivity index (χ3n) is 12.7. The fraction of sp³-hybridized carbons (Fsp3) is 0.535. The quantitative estimate of drug-likeness (QED) is 0.178. The van der Waals surface area contributed by atoms with Crippen LogP contribution in [-0.2, 0) is 22.6 Å². The summed E-state index contributed by atoms with van der Waals surface area (Å²) in [5, 5.41) is 22.4. The van der Waals surface area contributed by atoms with Crippen molar-refractivity contribution in [2.75, 3.05) is 46.3 Å². The van der Waals surface area contributed by atoms with Crippen molar-refractivity contribution in [1.29, 1.82) is 0 Å². The highest BCUT2D eigenvalue weighted by molar-refractivity contribution is 5.97. The summed E-state index contributed by atoms with van der Waals surface area (Å²) in [6, 6.07) is 21.4. The Morgan fingerprint density at radius 3 is 2.47 bits per heavy atom. The SMILES string of the molecule is CNC(=O)c1cc(-c2cccc(CN3O[C@@H](CO)[C@H]([C@@H](C)NCCc4ccccc4)[C@H]3C(=O)N[C@H]3C[C@H]4C[C@@H]([C@@H]3C)C4(C)C)c2OC)cc(N(C)C)c1. The number of hydrogen-bond donors (Lipinski definition) is 4. The van der Waals surface area contributed by atoms with E-state index in [2.05, 4.69) is 55.8 Å². The Morgan fingerprint density at radius 1 is 1.08 bits per heavy atom. The van der Waals surface area contributed by atoms with Crippen molar-refractivity contribution in [2.24, 2.45) is 29.1 Å². The topological polar surface area (TPSA) is 115 Å². The molecule has 4 aliphatic rings. The van der Waals surface area contributed by atoms with E-state index < -0.39 is 12.1 Å². The van der Waals surface area contributed by atoms with Crippen LogP contribution in [0.1, 0.15) is 62.0 Å². The number of carbonyl (C=O) groups is 2. The molecule has 7 rings (SSSR count). The number of nitrogens with zero attached hydrogens (tertiary/aromatic N) is 2. The molecule has 3 aromatic rings. The Labute approximate surface area is 315 Å². The van der Waals surface area contributed by atoms with E-state index in [4.69, 9.17) is 9.57 Å². The van der Waals surface area contributed by atoms with Crippen molar-refractivity contribution in [1.82, 2.24) is 21.0 Å². The molecule has 10 heteroatoms. The Bertz CT molecular complexity index is 1750. The molecule has 4 fully saturated rings. The predicted octanol–water partition coefficient (Wildman–Crippen LogP) is 5.29. The molecule has 1 aliphatic heterocycles. The number of benzene rings is 3. The molecule has 2 bridgehead atoms. The van der Waals surface area contributed by atoms with E-state index >= 15 is 0 Å². The summed E-state index contributed by atoms with van der Waals surface area (Å²) in [7, 11) is 7.15. The highest BCUT2D eigenvalue weighted by atomic mass is 16.7. The van der Waals surface area contributed by atoms with Crippen LogP contribution in [0.5, 0.6) is 5.75 Å². The Hall–Kier alpha value is -3.96. The van der Waals surface area contributed by atoms with E-state index in [1.54, 1.807) is 19.2 Å². The normalized spacial score (nSPS) is 26.7. The van der Waals surface area contributed by atoms with Crippen LogP contribution in [0.25, 0.3) is 11.1 Å². The number of aliphatic hydroxyl groups excluding tert-OH is 1. The first kappa shape index (κ1) is 38.8. The van der Waals surface area contributed by atoms with Gasteiger partial charge in [0.05, 0.1) is 20.3 Å². The Morgan fingerprint density at radius 2 is 1.83 bits per heavy atom. The molecule has 3 aliphatic carbocycles. The second kappa shape index (κ2) is 16.2. The van der Waals surface area contributed by atoms with Crippen molar-refractivity contribution in [2.45, 2.75) is 77.7 Å². The summed E-state index contributed by atoms with van der Waals surface area (Å²) >= 11 is 0. The molecule has 0 spiro atoms. The molecule has 286 valence electrons. The van der Waals surface area contributed by atoms with Gasteiger partial charge in [0.1, 0.15) is 17.9 Å². The molecule has 4 N–H and O–H groups in total. The van der Waals surface area contributed by atoms with Gasteiger partial charge in [0.25, 0.3) is 5.91 Å². The fourth-order valence-corrected chi connectivity index (χ4v) is 9.38. The minimum absolute atomic E-state index is 0.0670. The summed E-state index contributed by atoms with van der Waals surface area (Å²) in [6.07, 6.45) is 2.47. The van der Waals surface area contributed by atoms with E-state index in [-0.39, 0.29) is 43.0 Å². The van der Waals surface area contributed by atoms with Gasteiger partial charge in [-0.1, -0.05) is 69.3 Å². The van der Waals surface area contributed by atoms with Gasteiger partial charge in [-0.15, -0.1) is 0 Å². The number of hydroxylamine groups is 2. The average Bonchev–Trinajstić information content (AvgIpc) is 3.53. The van der Waals surface area contributed by atoms with E-state index in [0.29, 0.717) is 34.5 Å². The van der Waals surface area contributed by atoms with Crippen molar-refractivity contribution in [3.05, 3.63) is 83.4 Å². The van der Waals surface area contributed by atoms with Crippen molar-refractivity contribution in [3.8, 4) is 16.9 Å². The molecule has 2 amide bonds. The number of hydrogen-bond acceptors (Lipinski definition) is 8. The Balaban J connectivity index is 1.31. The minimum Gasteiger partial charge on any atom is -0.496 e. The van der Waals surface area contributed by atoms with Gasteiger partial charge >= 0.3 is 0 Å². The van der Waals surface area contributed by atoms with Crippen molar-refractivity contribution in [3.63, 3.8) is 0 Å². The Kier molecular flexibility index (Phi) is 11.8. The molecular formula is C43H59N5O5. The highest BCUT2D eigenvalue weighted by Crippen LogP contribution is 2.61. The third kappa shape index (κ3) is 7.83. The zero-order chi connectivity index (χ0) is 38.0. The lowest BCUT2D eigenvalue weighted by molar-refractivity contribution is -0.183. The molecule has 1 heterocycles. The summed E-state index contributed by atoms with van der Waals surface area (Å²) in [5.41, 5.74) is 5.45. The van der Waals surface area contributed by atoms with Crippen LogP contribution in [-0.4, -0.2) is 87.6 Å². The zero-order valence-electron chi connectivity index (χ0n) is 32.7. The number of para-hydroxylation sites is 1. The number of amides is 2. The maximum Gasteiger partial charge on any atom is 0.251 e. The average molecular weight is 726 g/mol. The van der Waals surface area contributed by atoms with Gasteiger partial charge < -0.3 is 30.7 Å². The van der Waals surface area contributed by atoms with Gasteiger partial charge in [-0.2, -0.15) is 5.06 Å². The number of aliphatic hydroxyl groups is 1. The van der Waals surface area contributed by atoms with Crippen molar-refractivity contribution < 1.29 is 24.3 Å². The smallest absolute Gasteiger partial charge is 0.251 e. The maximum absolute atomic E-state index is 14.7. The number of carbonyl (C=O) groups excluding carboxylic acids is 2. The van der Waals surface area contributed by atoms with Crippen LogP contribution in [0.2, 0.25) is 0 Å². The van der Waals surface area contributed by atoms with Crippen LogP contribution in [0.3, 0.4) is 0 Å². The van der Waals surface area contributed by atoms with Crippen LogP contribution in [0.4, 0.5) is 5.69 Å². The first-order valence-electron chi connectivity index (χ1n) is 19.2. The number of anilines is 1. The number of fused-ring (bicyclic) bond motifs is 2. The van der Waals surface area contributed by atoms with E-state index in [9.17, 15) is 14.7 Å². The summed E-state index contributed by atoms with van der Waals surface area (Å²) in [6.45, 7) is 9.89. The zero-order valence-corrected chi connectivity index (χ0v) is 32.7. The van der Waals surface area contributed by atoms with E-state index in [1.165, 1.54) is 12.0 Å². The second-order valence-corrected chi connectivity index (χ2v) is 16.2. The summed E-state index contributed by atoms with van der Waals surface area (Å²) < 4.78 is 6.10. The highest BCUT2D eigenvalue weighted by Gasteiger charge is 2.57. The molecule has 3 aromatic carbocycles. The third-order valence-corrected chi connectivity index (χ3v) is 12.7. The molecule has 0 radical (unpaired) electrons. The van der Waals surface area contributed by atoms with E-state index in [0.717, 1.165) is 41.8 Å². The van der Waals surface area contributed by atoms with Gasteiger partial charge in [0, 0.05) is 61.5 Å². The van der Waals surface area contributed by atoms with Gasteiger partial charge in [-0.05, 0) is 85.2 Å². The lowest BCUT2D eigenvalue weighted by Gasteiger charge is -2.62. The molecule has 0 unspecified atom stereocenters. The largest absolute Gasteiger partial charge is 0.496 e. The number of methoxy groups -OCH3 is 1. The van der Waals surface area contributed by atoms with Crippen LogP contribution < -0.4 is 25.6 Å². The van der Waals surface area contributed by atoms with Gasteiger partial charge in [0.15, 0.2) is 0 Å². The molecular weight excluding hydrogens is 667 g/mol. The van der Waals surface area contributed by atoms with E-state index in [1.807, 2.05) is 73.6 Å². The molecule has 8 atom stereocenters. The minimum atomic E-state index is -0.657. The maximum atomic E-state index is 14.7. The summed E-state index contributed by atoms with van der Waals surface area (Å²) in [4.78, 5) is 36.0. The van der Waals surface area contributed by atoms with Gasteiger partial charge in [-0.3, -0.25) is 14.4 Å². The molecule has 10 nitrogen and oxygen atoms in total. The van der Waals surface area contributed by atoms with Crippen LogP contribution >= 0.6 is 0 Å². The summed E-state index contributed by atoms with van der Waals surface area (Å²) in [5.74, 6) is 1.64. The second-order valence-electron chi connectivity index (χ2n) is 16.2. The predicted molar refractivity (Wildman–Crippen MR) is 210 cm³/mol. The lowest BCUT2D eigenvalue weighted by atomic mass is 9.45. The van der Waals surface area contributed by atoms with Gasteiger partial charge in [-0.25, -0.2) is 0 Å². The van der Waals surface area contributed by atoms with Gasteiger partial charge in [0.2, 0.25) is 5.91 Å². The van der Waals surface area contributed by atoms with Crippen molar-refractivity contribution >= 4 is 17.5 Å². The fourth-order valence-electron chi connectivity index (χ4n) is 9.38. The molecule has 53 heavy (non-hydrogen) atoms. The molecule has 3 saturated carbocycles. The monoisotopic (exact) mass is 725 g/mol. The van der Waals surface area contributed by atoms with Crippen LogP contribution in [0.15, 0.2) is 66.7 Å². The molecule has 0 aromatic heterocycles. The number of ether oxygens (including phenoxy) is 1. The molecule has 1 saturated heterocycles. The first-order valence-corrected chi connectivity index (χ1v) is 19.2. The standard InChI is InChI=1S/C43H59N5O5/c1-26-35-22-32(43(35,3)4)23-36(26)46-42(51)39-38(27(2)45-18-17-28-13-10-9-11-14-28)37(25-49)53-48(39)24-29-15-12-16-34(40(29)52-8)30-19-31(41(50)44-5)21-33(20-30)47(6)7/h9-16,19-21,26-27,32,35-39,45,49H,17-18,22-25H2,1-8H3,(H,44,50)(H,46,51)/t26-,27+,32+,35-,36-,37-,38-,39-/m0/s1.